The van der Waals surface area contributed by atoms with Crippen molar-refractivity contribution in [3.8, 4) is 0 Å². The van der Waals surface area contributed by atoms with Crippen LogP contribution in [0.25, 0.3) is 11.0 Å². The highest BCUT2D eigenvalue weighted by Gasteiger charge is 2.31. The summed E-state index contributed by atoms with van der Waals surface area (Å²) >= 11 is 3.08. The average Bonchev–Trinajstić information content (AvgIpc) is 3.33. The number of furan rings is 1. The number of thioether (sulfide) groups is 1. The maximum Gasteiger partial charge on any atom is 0.410 e. The Labute approximate surface area is 194 Å². The first-order chi connectivity index (χ1) is 15.2. The second-order valence-corrected chi connectivity index (χ2v) is 10.9. The minimum absolute atomic E-state index is 0.158. The molecule has 0 bridgehead atoms. The standard InChI is InChI=1S/C22H26N4O4S2/c1-14-23-24-20(32-14)31-13-16-15-7-5-6-8-17(15)29-18(16)19(27)25-9-11-26(12-10-25)21(28)30-22(2,3)4/h5-8H,9-13H2,1-4H3. The van der Waals surface area contributed by atoms with Crippen LogP contribution in [0.2, 0.25) is 0 Å². The predicted molar refractivity (Wildman–Crippen MR) is 124 cm³/mol. The number of aromatic nitrogens is 2. The molecule has 0 aliphatic carbocycles. The fourth-order valence-electron chi connectivity index (χ4n) is 3.45. The van der Waals surface area contributed by atoms with Gasteiger partial charge in [-0.2, -0.15) is 0 Å². The van der Waals surface area contributed by atoms with Gasteiger partial charge in [0.2, 0.25) is 0 Å². The van der Waals surface area contributed by atoms with E-state index in [1.807, 2.05) is 52.0 Å². The highest BCUT2D eigenvalue weighted by atomic mass is 32.2. The Kier molecular flexibility index (Phi) is 6.43. The molecule has 1 fully saturated rings. The average molecular weight is 475 g/mol. The van der Waals surface area contributed by atoms with E-state index in [0.29, 0.717) is 43.3 Å². The number of carbonyl (C=O) groups excluding carboxylic acids is 2. The molecule has 1 aromatic carbocycles. The molecule has 10 heteroatoms. The molecule has 8 nitrogen and oxygen atoms in total. The largest absolute Gasteiger partial charge is 0.451 e. The van der Waals surface area contributed by atoms with Crippen LogP contribution in [0.15, 0.2) is 33.0 Å². The van der Waals surface area contributed by atoms with Gasteiger partial charge in [0.15, 0.2) is 10.1 Å². The summed E-state index contributed by atoms with van der Waals surface area (Å²) in [6.45, 7) is 9.15. The SMILES string of the molecule is Cc1nnc(SCc2c(C(=O)N3CCN(C(=O)OC(C)(C)C)CC3)oc3ccccc23)s1. The Balaban J connectivity index is 1.49. The molecule has 0 N–H and O–H groups in total. The molecule has 2 amide bonds. The van der Waals surface area contributed by atoms with Crippen LogP contribution in [0.1, 0.15) is 41.9 Å². The fourth-order valence-corrected chi connectivity index (χ4v) is 5.29. The molecule has 1 saturated heterocycles. The van der Waals surface area contributed by atoms with Gasteiger partial charge < -0.3 is 19.0 Å². The lowest BCUT2D eigenvalue weighted by Gasteiger charge is -2.35. The van der Waals surface area contributed by atoms with E-state index in [2.05, 4.69) is 10.2 Å². The van der Waals surface area contributed by atoms with E-state index < -0.39 is 5.60 Å². The molecule has 3 heterocycles. The Morgan fingerprint density at radius 2 is 1.81 bits per heavy atom. The van der Waals surface area contributed by atoms with Crippen LogP contribution in [0.5, 0.6) is 0 Å². The lowest BCUT2D eigenvalue weighted by molar-refractivity contribution is 0.0137. The Hall–Kier alpha value is -2.59. The van der Waals surface area contributed by atoms with Crippen LogP contribution in [-0.2, 0) is 10.5 Å². The van der Waals surface area contributed by atoms with Crippen LogP contribution in [-0.4, -0.2) is 63.8 Å². The zero-order valence-corrected chi connectivity index (χ0v) is 20.2. The van der Waals surface area contributed by atoms with E-state index in [4.69, 9.17) is 9.15 Å². The molecule has 0 atom stereocenters. The van der Waals surface area contributed by atoms with Gasteiger partial charge in [-0.05, 0) is 33.8 Å². The summed E-state index contributed by atoms with van der Waals surface area (Å²) in [4.78, 5) is 29.1. The first-order valence-electron chi connectivity index (χ1n) is 10.4. The Morgan fingerprint density at radius 1 is 1.12 bits per heavy atom. The zero-order chi connectivity index (χ0) is 22.9. The summed E-state index contributed by atoms with van der Waals surface area (Å²) in [5, 5.41) is 10.1. The number of hydrogen-bond acceptors (Lipinski definition) is 8. The number of fused-ring (bicyclic) bond motifs is 1. The van der Waals surface area contributed by atoms with Gasteiger partial charge in [-0.1, -0.05) is 41.3 Å². The minimum atomic E-state index is -0.545. The Bertz CT molecular complexity index is 1130. The van der Waals surface area contributed by atoms with Crippen molar-refractivity contribution in [1.29, 1.82) is 0 Å². The quantitative estimate of drug-likeness (QED) is 0.512. The van der Waals surface area contributed by atoms with Crippen molar-refractivity contribution in [3.63, 3.8) is 0 Å². The number of piperazine rings is 1. The second kappa shape index (κ2) is 9.11. The topological polar surface area (TPSA) is 88.8 Å². The predicted octanol–water partition coefficient (Wildman–Crippen LogP) is 4.58. The third-order valence-corrected chi connectivity index (χ3v) is 6.96. The monoisotopic (exact) mass is 474 g/mol. The van der Waals surface area contributed by atoms with Crippen molar-refractivity contribution in [2.45, 2.75) is 43.4 Å². The number of carbonyl (C=O) groups is 2. The number of para-hydroxylation sites is 1. The number of amides is 2. The number of benzene rings is 1. The Morgan fingerprint density at radius 3 is 2.47 bits per heavy atom. The van der Waals surface area contributed by atoms with Crippen LogP contribution in [0, 0.1) is 6.92 Å². The lowest BCUT2D eigenvalue weighted by atomic mass is 10.1. The third-order valence-electron chi connectivity index (χ3n) is 4.96. The van der Waals surface area contributed by atoms with Crippen molar-refractivity contribution in [2.24, 2.45) is 0 Å². The molecule has 32 heavy (non-hydrogen) atoms. The molecule has 0 radical (unpaired) electrons. The van der Waals surface area contributed by atoms with Gasteiger partial charge in [0.05, 0.1) is 0 Å². The number of aryl methyl sites for hydroxylation is 1. The maximum atomic E-state index is 13.4. The molecular formula is C22H26N4O4S2. The van der Waals surface area contributed by atoms with Crippen LogP contribution in [0.4, 0.5) is 4.79 Å². The summed E-state index contributed by atoms with van der Waals surface area (Å²) in [6, 6.07) is 7.67. The van der Waals surface area contributed by atoms with E-state index in [1.54, 1.807) is 21.6 Å². The van der Waals surface area contributed by atoms with Crippen molar-refractivity contribution < 1.29 is 18.7 Å². The van der Waals surface area contributed by atoms with Crippen LogP contribution >= 0.6 is 23.1 Å². The van der Waals surface area contributed by atoms with Crippen molar-refractivity contribution in [3.05, 3.63) is 40.6 Å². The van der Waals surface area contributed by atoms with Crippen molar-refractivity contribution in [2.75, 3.05) is 26.2 Å². The summed E-state index contributed by atoms with van der Waals surface area (Å²) in [7, 11) is 0. The number of ether oxygens (including phenoxy) is 1. The molecule has 170 valence electrons. The maximum absolute atomic E-state index is 13.4. The number of rotatable bonds is 4. The normalized spacial score (nSPS) is 14.8. The van der Waals surface area contributed by atoms with Crippen molar-refractivity contribution >= 4 is 46.1 Å². The van der Waals surface area contributed by atoms with E-state index in [0.717, 1.165) is 20.3 Å². The molecule has 0 saturated carbocycles. The van der Waals surface area contributed by atoms with Crippen molar-refractivity contribution in [1.82, 2.24) is 20.0 Å². The zero-order valence-electron chi connectivity index (χ0n) is 18.6. The van der Waals surface area contributed by atoms with E-state index in [9.17, 15) is 9.59 Å². The van der Waals surface area contributed by atoms with Crippen LogP contribution < -0.4 is 0 Å². The van der Waals surface area contributed by atoms with E-state index >= 15 is 0 Å². The molecule has 0 spiro atoms. The van der Waals surface area contributed by atoms with E-state index in [-0.39, 0.29) is 12.0 Å². The molecule has 4 rings (SSSR count). The number of hydrogen-bond donors (Lipinski definition) is 0. The first-order valence-corrected chi connectivity index (χ1v) is 12.2. The smallest absolute Gasteiger partial charge is 0.410 e. The highest BCUT2D eigenvalue weighted by Crippen LogP contribution is 2.33. The van der Waals surface area contributed by atoms with Gasteiger partial charge in [0.1, 0.15) is 16.2 Å². The summed E-state index contributed by atoms with van der Waals surface area (Å²) in [6.07, 6.45) is -0.349. The van der Waals surface area contributed by atoms with Crippen LogP contribution in [0.3, 0.4) is 0 Å². The number of nitrogens with zero attached hydrogens (tertiary/aromatic N) is 4. The van der Waals surface area contributed by atoms with Gasteiger partial charge in [0.25, 0.3) is 5.91 Å². The van der Waals surface area contributed by atoms with Gasteiger partial charge in [-0.3, -0.25) is 4.79 Å². The molecule has 2 aromatic heterocycles. The second-order valence-electron chi connectivity index (χ2n) is 8.54. The molecular weight excluding hydrogens is 448 g/mol. The molecule has 0 unspecified atom stereocenters. The first kappa shape index (κ1) is 22.6. The summed E-state index contributed by atoms with van der Waals surface area (Å²) in [5.41, 5.74) is 1.00. The summed E-state index contributed by atoms with van der Waals surface area (Å²) < 4.78 is 12.3. The minimum Gasteiger partial charge on any atom is -0.451 e. The fraction of sp³-hybridized carbons (Fsp3) is 0.455. The van der Waals surface area contributed by atoms with Gasteiger partial charge in [0, 0.05) is 42.9 Å². The molecule has 1 aliphatic rings. The third kappa shape index (κ3) is 5.07. The lowest BCUT2D eigenvalue weighted by Crippen LogP contribution is -2.51. The van der Waals surface area contributed by atoms with Gasteiger partial charge in [-0.25, -0.2) is 4.79 Å². The van der Waals surface area contributed by atoms with Gasteiger partial charge in [-0.15, -0.1) is 10.2 Å². The molecule has 1 aliphatic heterocycles. The van der Waals surface area contributed by atoms with E-state index in [1.165, 1.54) is 11.3 Å². The summed E-state index contributed by atoms with van der Waals surface area (Å²) in [5.74, 6) is 0.754. The highest BCUT2D eigenvalue weighted by molar-refractivity contribution is 8.00. The van der Waals surface area contributed by atoms with Gasteiger partial charge >= 0.3 is 6.09 Å². The molecule has 3 aromatic rings.